The second kappa shape index (κ2) is 2.41. The minimum Gasteiger partial charge on any atom is -0.506 e. The molecule has 0 saturated carbocycles. The van der Waals surface area contributed by atoms with E-state index in [0.717, 1.165) is 0 Å². The summed E-state index contributed by atoms with van der Waals surface area (Å²) in [5.41, 5.74) is -1.71. The number of rotatable bonds is 0. The summed E-state index contributed by atoms with van der Waals surface area (Å²) in [6.07, 6.45) is -5.91. The molecule has 0 bridgehead atoms. The second-order valence-electron chi connectivity index (χ2n) is 1.67. The van der Waals surface area contributed by atoms with Crippen LogP contribution >= 0.6 is 0 Å². The molecule has 1 aromatic heterocycles. The van der Waals surface area contributed by atoms with Gasteiger partial charge in [-0.2, -0.15) is 13.2 Å². The van der Waals surface area contributed by atoms with Gasteiger partial charge in [-0.15, -0.1) is 0 Å². The van der Waals surface area contributed by atoms with Gasteiger partial charge in [0.2, 0.25) is 0 Å². The van der Waals surface area contributed by atoms with Crippen LogP contribution in [0.3, 0.4) is 0 Å². The average molecular weight is 166 g/mol. The second-order valence-corrected chi connectivity index (χ2v) is 1.67. The van der Waals surface area contributed by atoms with Crippen LogP contribution in [0.25, 0.3) is 0 Å². The molecule has 0 fully saturated rings. The number of aromatic hydroxyl groups is 1. The predicted octanol–water partition coefficient (Wildman–Crippen LogP) is 1.81. The third-order valence-electron chi connectivity index (χ3n) is 0.897. The average Bonchev–Trinajstić information content (AvgIpc) is 2.06. The first kappa shape index (κ1) is 4.58. The summed E-state index contributed by atoms with van der Waals surface area (Å²) in [4.78, 5) is 2.69. The topological polar surface area (TPSA) is 33.1 Å². The van der Waals surface area contributed by atoms with Gasteiger partial charge in [-0.3, -0.25) is 0 Å². The highest BCUT2D eigenvalue weighted by Crippen LogP contribution is 2.32. The number of nitrogens with zero attached hydrogens (tertiary/aromatic N) is 1. The third-order valence-corrected chi connectivity index (χ3v) is 0.897. The van der Waals surface area contributed by atoms with Gasteiger partial charge >= 0.3 is 6.18 Å². The van der Waals surface area contributed by atoms with Crippen LogP contribution in [0, 0.1) is 0 Å². The fourth-order valence-electron chi connectivity index (χ4n) is 0.481. The van der Waals surface area contributed by atoms with Crippen LogP contribution in [-0.4, -0.2) is 10.1 Å². The van der Waals surface area contributed by atoms with Crippen molar-refractivity contribution in [3.8, 4) is 5.75 Å². The van der Waals surface area contributed by atoms with E-state index in [4.69, 9.17) is 9.22 Å². The zero-order valence-corrected chi connectivity index (χ0v) is 5.03. The Kier molecular flexibility index (Phi) is 1.00. The lowest BCUT2D eigenvalue weighted by atomic mass is 10.3. The molecule has 0 spiro atoms. The van der Waals surface area contributed by atoms with Crippen LogP contribution in [0.1, 0.15) is 9.81 Å². The van der Waals surface area contributed by atoms with Crippen molar-refractivity contribution in [3.63, 3.8) is 0 Å². The highest BCUT2D eigenvalue weighted by atomic mass is 19.4. The molecule has 5 heteroatoms. The van der Waals surface area contributed by atoms with E-state index in [2.05, 4.69) is 4.98 Å². The molecule has 11 heavy (non-hydrogen) atoms. The van der Waals surface area contributed by atoms with E-state index < -0.39 is 35.9 Å². The monoisotopic (exact) mass is 166 g/mol. The lowest BCUT2D eigenvalue weighted by Gasteiger charge is -2.05. The molecule has 1 heterocycles. The standard InChI is InChI=1S/C6H4F3NO/c7-6(8,9)5-4(11)2-1-3-10-5/h1-3,11H/i1D,2D,3D. The van der Waals surface area contributed by atoms with Gasteiger partial charge < -0.3 is 5.11 Å². The van der Waals surface area contributed by atoms with Crippen LogP contribution in [0.15, 0.2) is 18.3 Å². The molecule has 0 amide bonds. The normalized spacial score (nSPS) is 15.4. The number of pyridine rings is 1. The van der Waals surface area contributed by atoms with Gasteiger partial charge in [-0.1, -0.05) is 0 Å². The SMILES string of the molecule is [2H]c1nc(C(F)(F)F)c(O)c([2H])c1[2H]. The molecular formula is C6H4F3NO. The maximum Gasteiger partial charge on any atom is 0.437 e. The predicted molar refractivity (Wildman–Crippen MR) is 30.9 cm³/mol. The minimum atomic E-state index is -4.93. The summed E-state index contributed by atoms with van der Waals surface area (Å²) in [6, 6.07) is -1.88. The van der Waals surface area contributed by atoms with Crippen LogP contribution in [0.4, 0.5) is 13.2 Å². The largest absolute Gasteiger partial charge is 0.506 e. The van der Waals surface area contributed by atoms with Crippen LogP contribution < -0.4 is 0 Å². The van der Waals surface area contributed by atoms with Crippen LogP contribution in [-0.2, 0) is 6.18 Å². The van der Waals surface area contributed by atoms with Gasteiger partial charge in [-0.05, 0) is 12.1 Å². The fraction of sp³-hybridized carbons (Fsp3) is 0.167. The van der Waals surface area contributed by atoms with Gasteiger partial charge in [0.1, 0.15) is 5.75 Å². The quantitative estimate of drug-likeness (QED) is 0.637. The summed E-state index contributed by atoms with van der Waals surface area (Å²) in [7, 11) is 0. The Morgan fingerprint density at radius 3 is 2.73 bits per heavy atom. The van der Waals surface area contributed by atoms with Crippen molar-refractivity contribution in [3.05, 3.63) is 24.0 Å². The first-order chi connectivity index (χ1) is 6.25. The molecule has 0 saturated heterocycles. The zero-order chi connectivity index (χ0) is 11.1. The minimum absolute atomic E-state index is 0.837. The summed E-state index contributed by atoms with van der Waals surface area (Å²) in [5.74, 6) is -1.42. The number of alkyl halides is 3. The summed E-state index contributed by atoms with van der Waals surface area (Å²) >= 11 is 0. The van der Waals surface area contributed by atoms with Gasteiger partial charge in [0, 0.05) is 6.17 Å². The summed E-state index contributed by atoms with van der Waals surface area (Å²) < 4.78 is 56.9. The molecule has 0 aromatic carbocycles. The lowest BCUT2D eigenvalue weighted by Crippen LogP contribution is -2.07. The number of halogens is 3. The molecule has 1 N–H and O–H groups in total. The molecule has 0 aliphatic rings. The van der Waals surface area contributed by atoms with E-state index in [-0.39, 0.29) is 0 Å². The van der Waals surface area contributed by atoms with Crippen molar-refractivity contribution in [2.24, 2.45) is 0 Å². The first-order valence-corrected chi connectivity index (χ1v) is 2.49. The van der Waals surface area contributed by atoms with Crippen molar-refractivity contribution in [2.75, 3.05) is 0 Å². The van der Waals surface area contributed by atoms with E-state index in [0.29, 0.717) is 0 Å². The van der Waals surface area contributed by atoms with Crippen molar-refractivity contribution in [1.29, 1.82) is 0 Å². The molecule has 2 nitrogen and oxygen atoms in total. The van der Waals surface area contributed by atoms with Gasteiger partial charge in [-0.25, -0.2) is 4.98 Å². The number of hydrogen-bond acceptors (Lipinski definition) is 2. The first-order valence-electron chi connectivity index (χ1n) is 3.99. The van der Waals surface area contributed by atoms with E-state index in [1.807, 2.05) is 0 Å². The molecule has 0 aliphatic carbocycles. The Balaban J connectivity index is 3.49. The highest BCUT2D eigenvalue weighted by molar-refractivity contribution is 5.26. The highest BCUT2D eigenvalue weighted by Gasteiger charge is 2.35. The third kappa shape index (κ3) is 1.60. The fourth-order valence-corrected chi connectivity index (χ4v) is 0.481. The van der Waals surface area contributed by atoms with Crippen LogP contribution in [0.5, 0.6) is 5.75 Å². The lowest BCUT2D eigenvalue weighted by molar-refractivity contribution is -0.142. The Bertz CT molecular complexity index is 380. The van der Waals surface area contributed by atoms with Gasteiger partial charge in [0.05, 0.1) is 4.11 Å². The molecule has 0 atom stereocenters. The smallest absolute Gasteiger partial charge is 0.437 e. The molecule has 1 aromatic rings. The Morgan fingerprint density at radius 2 is 2.18 bits per heavy atom. The van der Waals surface area contributed by atoms with Gasteiger partial charge in [0.15, 0.2) is 5.69 Å². The molecule has 0 aliphatic heterocycles. The molecule has 0 unspecified atom stereocenters. The van der Waals surface area contributed by atoms with Crippen LogP contribution in [0.2, 0.25) is 0 Å². The molecular weight excluding hydrogens is 159 g/mol. The van der Waals surface area contributed by atoms with Crippen molar-refractivity contribution in [1.82, 2.24) is 4.98 Å². The van der Waals surface area contributed by atoms with Crippen molar-refractivity contribution < 1.29 is 22.4 Å². The van der Waals surface area contributed by atoms with E-state index in [1.165, 1.54) is 0 Å². The maximum absolute atomic E-state index is 12.1. The summed E-state index contributed by atoms with van der Waals surface area (Å²) in [5, 5.41) is 8.87. The van der Waals surface area contributed by atoms with Crippen molar-refractivity contribution in [2.45, 2.75) is 6.18 Å². The molecule has 60 valence electrons. The zero-order valence-electron chi connectivity index (χ0n) is 8.03. The summed E-state index contributed by atoms with van der Waals surface area (Å²) in [6.45, 7) is 0. The Morgan fingerprint density at radius 1 is 1.55 bits per heavy atom. The van der Waals surface area contributed by atoms with E-state index in [9.17, 15) is 13.2 Å². The maximum atomic E-state index is 12.1. The number of aromatic nitrogens is 1. The Hall–Kier alpha value is -1.26. The van der Waals surface area contributed by atoms with E-state index >= 15 is 0 Å². The van der Waals surface area contributed by atoms with E-state index in [1.54, 1.807) is 0 Å². The molecule has 1 rings (SSSR count). The van der Waals surface area contributed by atoms with Crippen molar-refractivity contribution >= 4 is 0 Å². The Labute approximate surface area is 64.5 Å². The molecule has 0 radical (unpaired) electrons. The van der Waals surface area contributed by atoms with Gasteiger partial charge in [0.25, 0.3) is 0 Å². The number of hydrogen-bond donors (Lipinski definition) is 1.